The average Bonchev–Trinajstić information content (AvgIpc) is 2.91. The Kier molecular flexibility index (Phi) is 5.67. The van der Waals surface area contributed by atoms with Gasteiger partial charge in [0.2, 0.25) is 0 Å². The number of rotatable bonds is 6. The maximum Gasteiger partial charge on any atom is 0.387 e. The van der Waals surface area contributed by atoms with E-state index >= 15 is 0 Å². The fourth-order valence-electron chi connectivity index (χ4n) is 2.90. The smallest absolute Gasteiger partial charge is 0.387 e. The SMILES string of the molecule is COc1cc(C(=O)Nc2c(C)n(C)n(-c3ccccc3)c2=O)ccc1OC(F)F. The summed E-state index contributed by atoms with van der Waals surface area (Å²) >= 11 is 0. The molecule has 29 heavy (non-hydrogen) atoms. The highest BCUT2D eigenvalue weighted by molar-refractivity contribution is 6.04. The maximum absolute atomic E-state index is 12.9. The second-order valence-electron chi connectivity index (χ2n) is 6.13. The zero-order chi connectivity index (χ0) is 21.1. The second-order valence-corrected chi connectivity index (χ2v) is 6.13. The second kappa shape index (κ2) is 8.17. The minimum Gasteiger partial charge on any atom is -0.493 e. The largest absolute Gasteiger partial charge is 0.493 e. The molecule has 1 aromatic heterocycles. The van der Waals surface area contributed by atoms with Crippen LogP contribution in [-0.4, -0.2) is 29.0 Å². The first kappa shape index (κ1) is 20.1. The molecule has 0 saturated heterocycles. The molecule has 0 spiro atoms. The molecule has 2 aromatic carbocycles. The van der Waals surface area contributed by atoms with Crippen molar-refractivity contribution in [3.8, 4) is 17.2 Å². The van der Waals surface area contributed by atoms with E-state index in [1.807, 2.05) is 6.07 Å². The Labute approximate surface area is 165 Å². The fraction of sp³-hybridized carbons (Fsp3) is 0.200. The topological polar surface area (TPSA) is 74.5 Å². The number of halogens is 2. The van der Waals surface area contributed by atoms with Crippen molar-refractivity contribution in [3.63, 3.8) is 0 Å². The number of nitrogens with zero attached hydrogens (tertiary/aromatic N) is 2. The summed E-state index contributed by atoms with van der Waals surface area (Å²) in [4.78, 5) is 25.5. The van der Waals surface area contributed by atoms with E-state index in [1.165, 1.54) is 30.0 Å². The zero-order valence-corrected chi connectivity index (χ0v) is 16.0. The van der Waals surface area contributed by atoms with E-state index in [9.17, 15) is 18.4 Å². The minimum absolute atomic E-state index is 0.0237. The molecule has 9 heteroatoms. The van der Waals surface area contributed by atoms with Crippen LogP contribution in [0.25, 0.3) is 5.69 Å². The van der Waals surface area contributed by atoms with Gasteiger partial charge in [-0.15, -0.1) is 0 Å². The molecule has 1 amide bonds. The van der Waals surface area contributed by atoms with Crippen LogP contribution in [0.1, 0.15) is 16.1 Å². The Bertz CT molecular complexity index is 1090. The Morgan fingerprint density at radius 1 is 1.10 bits per heavy atom. The maximum atomic E-state index is 12.9. The number of para-hydroxylation sites is 1. The molecule has 0 atom stereocenters. The molecule has 0 aliphatic rings. The quantitative estimate of drug-likeness (QED) is 0.685. The van der Waals surface area contributed by atoms with Crippen LogP contribution in [0.15, 0.2) is 53.3 Å². The van der Waals surface area contributed by atoms with E-state index < -0.39 is 18.1 Å². The molecule has 1 heterocycles. The number of carbonyl (C=O) groups excluding carboxylic acids is 1. The lowest BCUT2D eigenvalue weighted by Crippen LogP contribution is -2.23. The van der Waals surface area contributed by atoms with Crippen molar-refractivity contribution >= 4 is 11.6 Å². The van der Waals surface area contributed by atoms with Gasteiger partial charge < -0.3 is 14.8 Å². The Morgan fingerprint density at radius 2 is 1.79 bits per heavy atom. The molecule has 0 fully saturated rings. The molecule has 152 valence electrons. The predicted molar refractivity (Wildman–Crippen MR) is 103 cm³/mol. The third kappa shape index (κ3) is 3.98. The van der Waals surface area contributed by atoms with Crippen molar-refractivity contribution in [2.75, 3.05) is 12.4 Å². The molecule has 0 unspecified atom stereocenters. The molecule has 0 aliphatic carbocycles. The number of nitrogens with one attached hydrogen (secondary N) is 1. The number of alkyl halides is 2. The predicted octanol–water partition coefficient (Wildman–Crippen LogP) is 3.35. The van der Waals surface area contributed by atoms with Crippen LogP contribution in [0.5, 0.6) is 11.5 Å². The Hall–Kier alpha value is -3.62. The lowest BCUT2D eigenvalue weighted by Gasteiger charge is -2.11. The molecule has 7 nitrogen and oxygen atoms in total. The third-order valence-corrected chi connectivity index (χ3v) is 4.43. The van der Waals surface area contributed by atoms with Crippen LogP contribution in [0, 0.1) is 6.92 Å². The number of aromatic nitrogens is 2. The van der Waals surface area contributed by atoms with E-state index in [0.29, 0.717) is 11.4 Å². The number of ether oxygens (including phenoxy) is 2. The van der Waals surface area contributed by atoms with Gasteiger partial charge in [0.05, 0.1) is 18.5 Å². The summed E-state index contributed by atoms with van der Waals surface area (Å²) in [5.41, 5.74) is 1.05. The number of methoxy groups -OCH3 is 1. The lowest BCUT2D eigenvalue weighted by atomic mass is 10.2. The Morgan fingerprint density at radius 3 is 2.41 bits per heavy atom. The van der Waals surface area contributed by atoms with Gasteiger partial charge in [0.25, 0.3) is 11.5 Å². The van der Waals surface area contributed by atoms with Crippen molar-refractivity contribution in [2.24, 2.45) is 7.05 Å². The number of amides is 1. The first-order valence-corrected chi connectivity index (χ1v) is 8.61. The normalized spacial score (nSPS) is 10.8. The van der Waals surface area contributed by atoms with Crippen molar-refractivity contribution in [1.29, 1.82) is 0 Å². The minimum atomic E-state index is -3.02. The molecule has 0 aliphatic heterocycles. The summed E-state index contributed by atoms with van der Waals surface area (Å²) < 4.78 is 37.3. The monoisotopic (exact) mass is 403 g/mol. The third-order valence-electron chi connectivity index (χ3n) is 4.43. The molecule has 0 bridgehead atoms. The van der Waals surface area contributed by atoms with Crippen LogP contribution in [0.4, 0.5) is 14.5 Å². The van der Waals surface area contributed by atoms with E-state index in [1.54, 1.807) is 42.9 Å². The summed E-state index contributed by atoms with van der Waals surface area (Å²) in [6.45, 7) is -1.32. The first-order valence-electron chi connectivity index (χ1n) is 8.61. The molecule has 3 rings (SSSR count). The molecular formula is C20H19F2N3O4. The highest BCUT2D eigenvalue weighted by Crippen LogP contribution is 2.29. The van der Waals surface area contributed by atoms with Crippen molar-refractivity contribution in [1.82, 2.24) is 9.36 Å². The van der Waals surface area contributed by atoms with Crippen LogP contribution in [-0.2, 0) is 7.05 Å². The summed E-state index contributed by atoms with van der Waals surface area (Å²) in [6.07, 6.45) is 0. The molecular weight excluding hydrogens is 384 g/mol. The van der Waals surface area contributed by atoms with Gasteiger partial charge in [-0.05, 0) is 37.3 Å². The van der Waals surface area contributed by atoms with E-state index in [-0.39, 0.29) is 22.7 Å². The summed E-state index contributed by atoms with van der Waals surface area (Å²) in [6, 6.07) is 12.8. The van der Waals surface area contributed by atoms with Gasteiger partial charge in [-0.2, -0.15) is 8.78 Å². The Balaban J connectivity index is 1.93. The summed E-state index contributed by atoms with van der Waals surface area (Å²) in [5, 5.41) is 2.60. The zero-order valence-electron chi connectivity index (χ0n) is 16.0. The highest BCUT2D eigenvalue weighted by atomic mass is 19.3. The first-order chi connectivity index (χ1) is 13.8. The van der Waals surface area contributed by atoms with E-state index in [4.69, 9.17) is 4.74 Å². The summed E-state index contributed by atoms with van der Waals surface area (Å²) in [5.74, 6) is -0.802. The summed E-state index contributed by atoms with van der Waals surface area (Å²) in [7, 11) is 2.98. The fourth-order valence-corrected chi connectivity index (χ4v) is 2.90. The molecule has 3 aromatic rings. The van der Waals surface area contributed by atoms with Gasteiger partial charge in [-0.25, -0.2) is 4.68 Å². The van der Waals surface area contributed by atoms with Crippen LogP contribution < -0.4 is 20.3 Å². The van der Waals surface area contributed by atoms with Crippen molar-refractivity contribution < 1.29 is 23.0 Å². The number of hydrogen-bond donors (Lipinski definition) is 1. The van der Waals surface area contributed by atoms with Gasteiger partial charge in [-0.1, -0.05) is 18.2 Å². The van der Waals surface area contributed by atoms with Gasteiger partial charge in [-0.3, -0.25) is 14.3 Å². The number of carbonyl (C=O) groups is 1. The van der Waals surface area contributed by atoms with Crippen molar-refractivity contribution in [3.05, 3.63) is 70.1 Å². The van der Waals surface area contributed by atoms with Gasteiger partial charge in [0, 0.05) is 12.6 Å². The molecule has 0 saturated carbocycles. The van der Waals surface area contributed by atoms with Crippen LogP contribution in [0.3, 0.4) is 0 Å². The van der Waals surface area contributed by atoms with Gasteiger partial charge >= 0.3 is 6.61 Å². The highest BCUT2D eigenvalue weighted by Gasteiger charge is 2.20. The van der Waals surface area contributed by atoms with Crippen molar-refractivity contribution in [2.45, 2.75) is 13.5 Å². The number of hydrogen-bond acceptors (Lipinski definition) is 4. The van der Waals surface area contributed by atoms with Crippen LogP contribution >= 0.6 is 0 Å². The van der Waals surface area contributed by atoms with E-state index in [0.717, 1.165) is 0 Å². The molecule has 0 radical (unpaired) electrons. The van der Waals surface area contributed by atoms with Gasteiger partial charge in [0.15, 0.2) is 11.5 Å². The number of benzene rings is 2. The van der Waals surface area contributed by atoms with E-state index in [2.05, 4.69) is 10.1 Å². The standard InChI is InChI=1S/C20H19F2N3O4/c1-12-17(19(27)25(24(12)2)14-7-5-4-6-8-14)23-18(26)13-9-10-15(29-20(21)22)16(11-13)28-3/h4-11,20H,1-3H3,(H,23,26). The van der Waals surface area contributed by atoms with Gasteiger partial charge in [0.1, 0.15) is 5.69 Å². The average molecular weight is 403 g/mol. The van der Waals surface area contributed by atoms with Crippen LogP contribution in [0.2, 0.25) is 0 Å². The lowest BCUT2D eigenvalue weighted by molar-refractivity contribution is -0.0512. The molecule has 1 N–H and O–H groups in total. The number of anilines is 1.